The molecule has 0 unspecified atom stereocenters. The highest BCUT2D eigenvalue weighted by Gasteiger charge is 2.18. The van der Waals surface area contributed by atoms with Gasteiger partial charge in [-0.1, -0.05) is 23.2 Å². The lowest BCUT2D eigenvalue weighted by atomic mass is 9.86. The molecule has 0 radical (unpaired) electrons. The van der Waals surface area contributed by atoms with Crippen LogP contribution in [0.2, 0.25) is 5.02 Å². The summed E-state index contributed by atoms with van der Waals surface area (Å²) >= 11 is 5.84. The monoisotopic (exact) mass is 326 g/mol. The van der Waals surface area contributed by atoms with E-state index >= 15 is 0 Å². The quantitative estimate of drug-likeness (QED) is 0.815. The second-order valence-electron chi connectivity index (χ2n) is 5.97. The summed E-state index contributed by atoms with van der Waals surface area (Å²) in [4.78, 5) is 12.2. The van der Waals surface area contributed by atoms with Crippen LogP contribution < -0.4 is 5.43 Å². The molecule has 23 heavy (non-hydrogen) atoms. The minimum absolute atomic E-state index is 0.217. The molecule has 3 rings (SSSR count). The molecule has 0 aliphatic heterocycles. The molecule has 2 aromatic carbocycles. The van der Waals surface area contributed by atoms with E-state index in [4.69, 9.17) is 11.6 Å². The lowest BCUT2D eigenvalue weighted by Gasteiger charge is -2.20. The average Bonchev–Trinajstić information content (AvgIpc) is 2.53. The van der Waals surface area contributed by atoms with Crippen LogP contribution >= 0.6 is 11.6 Å². The summed E-state index contributed by atoms with van der Waals surface area (Å²) in [6.45, 7) is 4.23. The molecule has 1 amide bonds. The van der Waals surface area contributed by atoms with E-state index in [9.17, 15) is 4.79 Å². The van der Waals surface area contributed by atoms with Crippen molar-refractivity contribution in [3.63, 3.8) is 0 Å². The van der Waals surface area contributed by atoms with Crippen molar-refractivity contribution in [2.75, 3.05) is 0 Å². The van der Waals surface area contributed by atoms with Gasteiger partial charge in [0.05, 0.1) is 5.71 Å². The zero-order valence-electron chi connectivity index (χ0n) is 13.3. The number of carbonyl (C=O) groups is 1. The Morgan fingerprint density at radius 1 is 1.13 bits per heavy atom. The van der Waals surface area contributed by atoms with E-state index in [-0.39, 0.29) is 5.91 Å². The molecule has 0 aromatic heterocycles. The number of hydrazone groups is 1. The van der Waals surface area contributed by atoms with Gasteiger partial charge in [0.15, 0.2) is 0 Å². The summed E-state index contributed by atoms with van der Waals surface area (Å²) in [5.41, 5.74) is 9.23. The van der Waals surface area contributed by atoms with Crippen LogP contribution in [-0.4, -0.2) is 11.6 Å². The van der Waals surface area contributed by atoms with Crippen LogP contribution in [0.5, 0.6) is 0 Å². The molecule has 2 aromatic rings. The third kappa shape index (κ3) is 3.45. The molecule has 0 fully saturated rings. The van der Waals surface area contributed by atoms with Crippen LogP contribution in [-0.2, 0) is 6.42 Å². The van der Waals surface area contributed by atoms with E-state index in [2.05, 4.69) is 36.5 Å². The van der Waals surface area contributed by atoms with Crippen LogP contribution in [0.4, 0.5) is 0 Å². The Bertz CT molecular complexity index is 779. The van der Waals surface area contributed by atoms with Gasteiger partial charge >= 0.3 is 0 Å². The zero-order chi connectivity index (χ0) is 16.4. The SMILES string of the molecule is Cc1cc(C)c2c(c1)/C(=N\NC(=O)c1ccc(Cl)cc1)CCC2. The molecular weight excluding hydrogens is 308 g/mol. The first-order valence-electron chi connectivity index (χ1n) is 7.77. The number of benzene rings is 2. The van der Waals surface area contributed by atoms with E-state index < -0.39 is 0 Å². The summed E-state index contributed by atoms with van der Waals surface area (Å²) in [6, 6.07) is 11.2. The Hall–Kier alpha value is -2.13. The molecule has 3 nitrogen and oxygen atoms in total. The van der Waals surface area contributed by atoms with Gasteiger partial charge in [-0.05, 0) is 74.6 Å². The summed E-state index contributed by atoms with van der Waals surface area (Å²) in [6.07, 6.45) is 3.02. The van der Waals surface area contributed by atoms with Gasteiger partial charge in [-0.25, -0.2) is 5.43 Å². The van der Waals surface area contributed by atoms with Gasteiger partial charge in [0.1, 0.15) is 0 Å². The van der Waals surface area contributed by atoms with Gasteiger partial charge in [0.25, 0.3) is 5.91 Å². The predicted octanol–water partition coefficient (Wildman–Crippen LogP) is 4.43. The van der Waals surface area contributed by atoms with Crippen molar-refractivity contribution in [3.8, 4) is 0 Å². The summed E-state index contributed by atoms with van der Waals surface area (Å²) in [7, 11) is 0. The lowest BCUT2D eigenvalue weighted by molar-refractivity contribution is 0.0955. The van der Waals surface area contributed by atoms with Crippen molar-refractivity contribution in [3.05, 3.63) is 69.2 Å². The highest BCUT2D eigenvalue weighted by atomic mass is 35.5. The number of amides is 1. The smallest absolute Gasteiger partial charge is 0.267 e. The third-order valence-corrected chi connectivity index (χ3v) is 4.42. The van der Waals surface area contributed by atoms with Crippen LogP contribution in [0.3, 0.4) is 0 Å². The number of hydrogen-bond donors (Lipinski definition) is 1. The van der Waals surface area contributed by atoms with E-state index in [0.29, 0.717) is 10.6 Å². The summed E-state index contributed by atoms with van der Waals surface area (Å²) in [5, 5.41) is 5.00. The maximum Gasteiger partial charge on any atom is 0.271 e. The second kappa shape index (κ2) is 6.55. The molecule has 1 aliphatic carbocycles. The number of carbonyl (C=O) groups excluding carboxylic acids is 1. The fourth-order valence-electron chi connectivity index (χ4n) is 3.05. The van der Waals surface area contributed by atoms with Crippen molar-refractivity contribution in [1.29, 1.82) is 0 Å². The van der Waals surface area contributed by atoms with Crippen LogP contribution in [0.25, 0.3) is 0 Å². The Morgan fingerprint density at radius 2 is 1.87 bits per heavy atom. The molecule has 118 valence electrons. The Kier molecular flexibility index (Phi) is 4.49. The van der Waals surface area contributed by atoms with E-state index in [0.717, 1.165) is 25.0 Å². The third-order valence-electron chi connectivity index (χ3n) is 4.17. The van der Waals surface area contributed by atoms with Crippen LogP contribution in [0.15, 0.2) is 41.5 Å². The maximum atomic E-state index is 12.2. The number of aryl methyl sites for hydroxylation is 2. The van der Waals surface area contributed by atoms with Crippen molar-refractivity contribution < 1.29 is 4.79 Å². The first-order chi connectivity index (χ1) is 11.0. The first kappa shape index (κ1) is 15.8. The number of rotatable bonds is 2. The molecule has 1 aliphatic rings. The molecule has 0 saturated carbocycles. The van der Waals surface area contributed by atoms with Crippen molar-refractivity contribution in [1.82, 2.24) is 5.43 Å². The second-order valence-corrected chi connectivity index (χ2v) is 6.40. The maximum absolute atomic E-state index is 12.2. The average molecular weight is 327 g/mol. The highest BCUT2D eigenvalue weighted by molar-refractivity contribution is 6.30. The molecule has 0 atom stereocenters. The summed E-state index contributed by atoms with van der Waals surface area (Å²) in [5.74, 6) is -0.217. The molecular formula is C19H19ClN2O. The Balaban J connectivity index is 1.84. The van der Waals surface area contributed by atoms with Gasteiger partial charge in [-0.3, -0.25) is 4.79 Å². The normalized spacial score (nSPS) is 15.3. The molecule has 4 heteroatoms. The topological polar surface area (TPSA) is 41.5 Å². The number of hydrogen-bond acceptors (Lipinski definition) is 2. The van der Waals surface area contributed by atoms with Gasteiger partial charge in [0.2, 0.25) is 0 Å². The largest absolute Gasteiger partial charge is 0.271 e. The van der Waals surface area contributed by atoms with Gasteiger partial charge < -0.3 is 0 Å². The Labute approximate surface area is 141 Å². The Morgan fingerprint density at radius 3 is 2.61 bits per heavy atom. The fraction of sp³-hybridized carbons (Fsp3) is 0.263. The van der Waals surface area contributed by atoms with Gasteiger partial charge in [-0.2, -0.15) is 5.10 Å². The van der Waals surface area contributed by atoms with Gasteiger partial charge in [-0.15, -0.1) is 0 Å². The lowest BCUT2D eigenvalue weighted by Crippen LogP contribution is -2.22. The minimum atomic E-state index is -0.217. The minimum Gasteiger partial charge on any atom is -0.267 e. The molecule has 0 bridgehead atoms. The molecule has 0 saturated heterocycles. The van der Waals surface area contributed by atoms with Crippen molar-refractivity contribution in [2.24, 2.45) is 5.10 Å². The van der Waals surface area contributed by atoms with E-state index in [1.165, 1.54) is 22.3 Å². The molecule has 0 spiro atoms. The number of fused-ring (bicyclic) bond motifs is 1. The standard InChI is InChI=1S/C19H19ClN2O/c1-12-10-13(2)16-4-3-5-18(17(16)11-12)21-22-19(23)14-6-8-15(20)9-7-14/h6-11H,3-5H2,1-2H3,(H,22,23)/b21-18-. The predicted molar refractivity (Wildman–Crippen MR) is 94.3 cm³/mol. The van der Waals surface area contributed by atoms with Crippen LogP contribution in [0, 0.1) is 13.8 Å². The van der Waals surface area contributed by atoms with Crippen molar-refractivity contribution >= 4 is 23.2 Å². The highest BCUT2D eigenvalue weighted by Crippen LogP contribution is 2.26. The fourth-order valence-corrected chi connectivity index (χ4v) is 3.18. The zero-order valence-corrected chi connectivity index (χ0v) is 14.1. The molecule has 1 N–H and O–H groups in total. The van der Waals surface area contributed by atoms with Gasteiger partial charge in [0, 0.05) is 16.1 Å². The number of nitrogens with zero attached hydrogens (tertiary/aromatic N) is 1. The first-order valence-corrected chi connectivity index (χ1v) is 8.15. The van der Waals surface area contributed by atoms with Crippen LogP contribution in [0.1, 0.15) is 45.5 Å². The van der Waals surface area contributed by atoms with E-state index in [1.807, 2.05) is 0 Å². The van der Waals surface area contributed by atoms with Crippen molar-refractivity contribution in [2.45, 2.75) is 33.1 Å². The summed E-state index contributed by atoms with van der Waals surface area (Å²) < 4.78 is 0. The number of halogens is 1. The number of nitrogens with one attached hydrogen (secondary N) is 1. The molecule has 0 heterocycles. The van der Waals surface area contributed by atoms with E-state index in [1.54, 1.807) is 24.3 Å².